The fourth-order valence-corrected chi connectivity index (χ4v) is 2.20. The summed E-state index contributed by atoms with van der Waals surface area (Å²) in [5, 5.41) is 10.2. The number of para-hydroxylation sites is 1. The van der Waals surface area contributed by atoms with Crippen LogP contribution in [0.15, 0.2) is 52.7 Å². The van der Waals surface area contributed by atoms with Gasteiger partial charge in [-0.15, -0.1) is 0 Å². The molecule has 130 valence electrons. The Labute approximate surface area is 152 Å². The summed E-state index contributed by atoms with van der Waals surface area (Å²) in [6.45, 7) is 0. The summed E-state index contributed by atoms with van der Waals surface area (Å²) in [6, 6.07) is 11.4. The van der Waals surface area contributed by atoms with E-state index >= 15 is 0 Å². The van der Waals surface area contributed by atoms with E-state index in [0.717, 1.165) is 4.47 Å². The van der Waals surface area contributed by atoms with Crippen molar-refractivity contribution in [2.45, 2.75) is 0 Å². The number of phenols is 1. The zero-order valence-electron chi connectivity index (χ0n) is 13.5. The van der Waals surface area contributed by atoms with Gasteiger partial charge in [-0.05, 0) is 35.9 Å². The van der Waals surface area contributed by atoms with Crippen LogP contribution in [0, 0.1) is 0 Å². The Bertz CT molecular complexity index is 811. The molecular weight excluding hydrogens is 392 g/mol. The summed E-state index contributed by atoms with van der Waals surface area (Å²) in [6.07, 6.45) is 1.46. The summed E-state index contributed by atoms with van der Waals surface area (Å²) in [7, 11) is 2.41. The van der Waals surface area contributed by atoms with Gasteiger partial charge in [-0.1, -0.05) is 34.1 Å². The molecule has 2 rings (SSSR count). The topological polar surface area (TPSA) is 82.1 Å². The van der Waals surface area contributed by atoms with Gasteiger partial charge >= 0.3 is 11.9 Å². The van der Waals surface area contributed by atoms with Crippen molar-refractivity contribution >= 4 is 33.9 Å². The Morgan fingerprint density at radius 1 is 1.04 bits per heavy atom. The molecule has 0 radical (unpaired) electrons. The fraction of sp³-hybridized carbons (Fsp3) is 0.111. The average Bonchev–Trinajstić information content (AvgIpc) is 2.63. The molecule has 25 heavy (non-hydrogen) atoms. The van der Waals surface area contributed by atoms with E-state index in [1.54, 1.807) is 24.3 Å². The first-order valence-electron chi connectivity index (χ1n) is 7.10. The van der Waals surface area contributed by atoms with Crippen molar-refractivity contribution in [2.75, 3.05) is 14.2 Å². The van der Waals surface area contributed by atoms with Gasteiger partial charge in [0.15, 0.2) is 11.5 Å². The van der Waals surface area contributed by atoms with Crippen LogP contribution in [0.2, 0.25) is 0 Å². The molecule has 0 fully saturated rings. The third-order valence-corrected chi connectivity index (χ3v) is 3.71. The Hall–Kier alpha value is -2.80. The Morgan fingerprint density at radius 2 is 1.72 bits per heavy atom. The van der Waals surface area contributed by atoms with Crippen molar-refractivity contribution in [1.82, 2.24) is 0 Å². The Morgan fingerprint density at radius 3 is 2.32 bits per heavy atom. The van der Waals surface area contributed by atoms with Gasteiger partial charge in [-0.3, -0.25) is 0 Å². The zero-order valence-corrected chi connectivity index (χ0v) is 15.1. The third kappa shape index (κ3) is 4.60. The maximum Gasteiger partial charge on any atom is 0.373 e. The second-order valence-corrected chi connectivity index (χ2v) is 5.71. The van der Waals surface area contributed by atoms with E-state index in [-0.39, 0.29) is 17.1 Å². The van der Waals surface area contributed by atoms with Crippen LogP contribution in [-0.2, 0) is 14.3 Å². The molecule has 0 spiro atoms. The molecule has 0 atom stereocenters. The molecule has 0 saturated carbocycles. The number of methoxy groups -OCH3 is 2. The monoisotopic (exact) mass is 406 g/mol. The second kappa shape index (κ2) is 8.34. The van der Waals surface area contributed by atoms with Crippen LogP contribution >= 0.6 is 15.9 Å². The van der Waals surface area contributed by atoms with Crippen molar-refractivity contribution in [1.29, 1.82) is 0 Å². The quantitative estimate of drug-likeness (QED) is 0.464. The number of aromatic hydroxyl groups is 1. The summed E-state index contributed by atoms with van der Waals surface area (Å²) >= 11 is 3.33. The number of phenolic OH excluding ortho intramolecular Hbond substituents is 1. The molecule has 0 heterocycles. The van der Waals surface area contributed by atoms with Crippen molar-refractivity contribution in [3.8, 4) is 11.5 Å². The summed E-state index contributed by atoms with van der Waals surface area (Å²) in [5.41, 5.74) is 0.611. The second-order valence-electron chi connectivity index (χ2n) is 4.80. The first kappa shape index (κ1) is 18.5. The largest absolute Gasteiger partial charge is 0.504 e. The van der Waals surface area contributed by atoms with Gasteiger partial charge in [-0.2, -0.15) is 0 Å². The molecule has 2 aromatic carbocycles. The molecule has 6 nitrogen and oxygen atoms in total. The molecule has 0 aliphatic rings. The normalized spacial score (nSPS) is 10.9. The van der Waals surface area contributed by atoms with E-state index in [9.17, 15) is 14.7 Å². The van der Waals surface area contributed by atoms with E-state index < -0.39 is 17.7 Å². The number of ether oxygens (including phenoxy) is 3. The highest BCUT2D eigenvalue weighted by atomic mass is 79.9. The Balaban J connectivity index is 2.40. The summed E-state index contributed by atoms with van der Waals surface area (Å²) < 4.78 is 15.7. The summed E-state index contributed by atoms with van der Waals surface area (Å²) in [5.74, 6) is -2.11. The number of hydrogen-bond acceptors (Lipinski definition) is 6. The fourth-order valence-electron chi connectivity index (χ4n) is 1.94. The van der Waals surface area contributed by atoms with Gasteiger partial charge < -0.3 is 19.3 Å². The molecule has 0 bridgehead atoms. The van der Waals surface area contributed by atoms with E-state index in [0.29, 0.717) is 5.56 Å². The van der Waals surface area contributed by atoms with Gasteiger partial charge in [0.1, 0.15) is 5.56 Å². The highest BCUT2D eigenvalue weighted by Crippen LogP contribution is 2.32. The highest BCUT2D eigenvalue weighted by Gasteiger charge is 2.19. The molecule has 0 amide bonds. The molecule has 7 heteroatoms. The molecular formula is C18H15BrO6. The van der Waals surface area contributed by atoms with E-state index in [1.807, 2.05) is 0 Å². The van der Waals surface area contributed by atoms with Crippen molar-refractivity contribution in [3.63, 3.8) is 0 Å². The highest BCUT2D eigenvalue weighted by molar-refractivity contribution is 9.10. The van der Waals surface area contributed by atoms with Crippen LogP contribution in [-0.4, -0.2) is 31.3 Å². The number of benzene rings is 2. The first-order valence-corrected chi connectivity index (χ1v) is 7.89. The van der Waals surface area contributed by atoms with Crippen molar-refractivity contribution in [3.05, 3.63) is 63.8 Å². The molecule has 0 aliphatic carbocycles. The lowest BCUT2D eigenvalue weighted by molar-refractivity contribution is -0.138. The van der Waals surface area contributed by atoms with Gasteiger partial charge in [0.05, 0.1) is 14.2 Å². The van der Waals surface area contributed by atoms with Crippen LogP contribution in [0.3, 0.4) is 0 Å². The van der Waals surface area contributed by atoms with Crippen LogP contribution in [0.4, 0.5) is 0 Å². The zero-order chi connectivity index (χ0) is 18.4. The van der Waals surface area contributed by atoms with Gasteiger partial charge in [0.2, 0.25) is 5.76 Å². The number of halogens is 1. The maximum absolute atomic E-state index is 12.0. The third-order valence-electron chi connectivity index (χ3n) is 3.18. The van der Waals surface area contributed by atoms with Crippen LogP contribution in [0.5, 0.6) is 11.5 Å². The Kier molecular flexibility index (Phi) is 6.19. The number of esters is 2. The average molecular weight is 407 g/mol. The molecule has 0 aliphatic heterocycles. The van der Waals surface area contributed by atoms with E-state index in [4.69, 9.17) is 9.47 Å². The smallest absolute Gasteiger partial charge is 0.373 e. The molecule has 0 saturated heterocycles. The minimum absolute atomic E-state index is 0.0725. The predicted octanol–water partition coefficient (Wildman–Crippen LogP) is 3.53. The minimum Gasteiger partial charge on any atom is -0.504 e. The van der Waals surface area contributed by atoms with Crippen molar-refractivity contribution in [2.24, 2.45) is 0 Å². The van der Waals surface area contributed by atoms with Crippen LogP contribution < -0.4 is 4.74 Å². The molecule has 2 aromatic rings. The number of carbonyl (C=O) groups excluding carboxylic acids is 2. The van der Waals surface area contributed by atoms with Gasteiger partial charge in [0.25, 0.3) is 0 Å². The predicted molar refractivity (Wildman–Crippen MR) is 94.2 cm³/mol. The SMILES string of the molecule is COC(=O)/C(=C/c1ccc(Br)cc1)Oc1cccc(C(=O)OC)c1O. The van der Waals surface area contributed by atoms with Crippen molar-refractivity contribution < 1.29 is 28.9 Å². The maximum atomic E-state index is 12.0. The van der Waals surface area contributed by atoms with Crippen LogP contribution in [0.1, 0.15) is 15.9 Å². The minimum atomic E-state index is -0.731. The molecule has 1 N–H and O–H groups in total. The van der Waals surface area contributed by atoms with E-state index in [2.05, 4.69) is 20.7 Å². The van der Waals surface area contributed by atoms with E-state index in [1.165, 1.54) is 38.5 Å². The lowest BCUT2D eigenvalue weighted by atomic mass is 10.2. The lowest BCUT2D eigenvalue weighted by Gasteiger charge is -2.11. The standard InChI is InChI=1S/C18H15BrO6/c1-23-17(21)13-4-3-5-14(16(13)20)25-15(18(22)24-2)10-11-6-8-12(19)9-7-11/h3-10,20H,1-2H3/b15-10-. The lowest BCUT2D eigenvalue weighted by Crippen LogP contribution is -2.11. The first-order chi connectivity index (χ1) is 12.0. The number of carbonyl (C=O) groups is 2. The summed E-state index contributed by atoms with van der Waals surface area (Å²) in [4.78, 5) is 23.6. The van der Waals surface area contributed by atoms with Gasteiger partial charge in [0, 0.05) is 4.47 Å². The molecule has 0 aromatic heterocycles. The van der Waals surface area contributed by atoms with Crippen LogP contribution in [0.25, 0.3) is 6.08 Å². The van der Waals surface area contributed by atoms with Gasteiger partial charge in [-0.25, -0.2) is 9.59 Å². The molecule has 0 unspecified atom stereocenters. The number of rotatable bonds is 5. The number of hydrogen-bond donors (Lipinski definition) is 1.